The number of rotatable bonds is 5. The molecule has 43 heavy (non-hydrogen) atoms. The van der Waals surface area contributed by atoms with Gasteiger partial charge in [-0.3, -0.25) is 9.48 Å². The fourth-order valence-corrected chi connectivity index (χ4v) is 6.80. The Balaban J connectivity index is 1.33. The van der Waals surface area contributed by atoms with Gasteiger partial charge in [-0.2, -0.15) is 5.10 Å². The summed E-state index contributed by atoms with van der Waals surface area (Å²) in [6.07, 6.45) is 4.66. The van der Waals surface area contributed by atoms with Crippen LogP contribution in [0, 0.1) is 12.7 Å². The Hall–Kier alpha value is -3.83. The fraction of sp³-hybridized carbons (Fsp3) is 0.438. The number of ether oxygens (including phenoxy) is 1. The van der Waals surface area contributed by atoms with Crippen molar-refractivity contribution in [1.82, 2.24) is 24.6 Å². The summed E-state index contributed by atoms with van der Waals surface area (Å²) in [6, 6.07) is 7.19. The summed E-state index contributed by atoms with van der Waals surface area (Å²) >= 11 is 0. The number of likely N-dealkylation sites (N-methyl/N-ethyl adjacent to an activating group) is 1. The van der Waals surface area contributed by atoms with E-state index >= 15 is 4.39 Å². The van der Waals surface area contributed by atoms with Crippen LogP contribution < -0.4 is 10.1 Å². The van der Waals surface area contributed by atoms with Crippen LogP contribution >= 0.6 is 0 Å². The molecule has 0 saturated carbocycles. The van der Waals surface area contributed by atoms with Gasteiger partial charge in [0.15, 0.2) is 14.1 Å². The number of benzene rings is 1. The molecular formula is C32H39FN6O3Si. The molecule has 0 saturated heterocycles. The zero-order chi connectivity index (χ0) is 30.7. The molecule has 11 heteroatoms. The highest BCUT2D eigenvalue weighted by atomic mass is 28.4. The standard InChI is InChI=1S/C32H39FN6O3Si/c1-19-24(17-35-31-30(19)26(9-11-41-31)42-43(6,7)32(2,3)4)23-12-20-14-27(34-16-21(20)13-25(23)33)36-28-15-22-8-10-38(5)29(40)18-39(22)37-28/h12-17,26H,8-11,18H2,1-7H3,(H,34,36,37). The minimum atomic E-state index is -2.08. The van der Waals surface area contributed by atoms with Gasteiger partial charge in [0.1, 0.15) is 18.2 Å². The van der Waals surface area contributed by atoms with Gasteiger partial charge in [-0.05, 0) is 54.2 Å². The van der Waals surface area contributed by atoms with Crippen LogP contribution in [0.25, 0.3) is 21.9 Å². The Bertz CT molecular complexity index is 1730. The minimum absolute atomic E-state index is 0.0307. The van der Waals surface area contributed by atoms with E-state index in [2.05, 4.69) is 54.2 Å². The number of anilines is 2. The van der Waals surface area contributed by atoms with Crippen LogP contribution in [0.4, 0.5) is 16.0 Å². The molecule has 4 aromatic rings. The molecule has 0 aliphatic carbocycles. The molecule has 3 aromatic heterocycles. The SMILES string of the molecule is Cc1c(-c2cc3cc(Nc4cc5n(n4)CC(=O)N(C)CC5)ncc3cc2F)cnc2c1C(O[Si](C)(C)C(C)(C)C)CCO2. The molecule has 1 atom stereocenters. The van der Waals surface area contributed by atoms with Crippen LogP contribution in [-0.2, 0) is 22.2 Å². The van der Waals surface area contributed by atoms with Crippen molar-refractivity contribution >= 4 is 36.6 Å². The average molecular weight is 603 g/mol. The first-order valence-electron chi connectivity index (χ1n) is 14.8. The van der Waals surface area contributed by atoms with E-state index < -0.39 is 8.32 Å². The van der Waals surface area contributed by atoms with Gasteiger partial charge in [-0.25, -0.2) is 14.4 Å². The lowest BCUT2D eigenvalue weighted by molar-refractivity contribution is -0.130. The predicted molar refractivity (Wildman–Crippen MR) is 168 cm³/mol. The van der Waals surface area contributed by atoms with Gasteiger partial charge < -0.3 is 19.4 Å². The summed E-state index contributed by atoms with van der Waals surface area (Å²) in [6.45, 7) is 14.6. The summed E-state index contributed by atoms with van der Waals surface area (Å²) < 4.78 is 30.2. The number of aromatic nitrogens is 4. The van der Waals surface area contributed by atoms with Crippen molar-refractivity contribution in [2.75, 3.05) is 25.5 Å². The lowest BCUT2D eigenvalue weighted by Gasteiger charge is -2.41. The number of nitrogens with one attached hydrogen (secondary N) is 1. The maximum Gasteiger partial charge on any atom is 0.244 e. The molecule has 0 bridgehead atoms. The first-order chi connectivity index (χ1) is 20.3. The Morgan fingerprint density at radius 2 is 1.86 bits per heavy atom. The van der Waals surface area contributed by atoms with E-state index in [1.54, 1.807) is 29.0 Å². The largest absolute Gasteiger partial charge is 0.477 e. The number of hydrogen-bond donors (Lipinski definition) is 1. The van der Waals surface area contributed by atoms with Gasteiger partial charge in [-0.15, -0.1) is 0 Å². The third kappa shape index (κ3) is 5.51. The first-order valence-corrected chi connectivity index (χ1v) is 17.7. The van der Waals surface area contributed by atoms with Gasteiger partial charge in [-0.1, -0.05) is 20.8 Å². The molecule has 5 heterocycles. The lowest BCUT2D eigenvalue weighted by atomic mass is 9.93. The maximum atomic E-state index is 15.6. The first kappa shape index (κ1) is 29.2. The van der Waals surface area contributed by atoms with E-state index in [0.717, 1.165) is 35.0 Å². The molecule has 1 unspecified atom stereocenters. The van der Waals surface area contributed by atoms with Crippen molar-refractivity contribution in [3.8, 4) is 17.0 Å². The van der Waals surface area contributed by atoms with Crippen LogP contribution in [-0.4, -0.2) is 59.1 Å². The molecule has 1 aromatic carbocycles. The Morgan fingerprint density at radius 3 is 2.63 bits per heavy atom. The number of carbonyl (C=O) groups excluding carboxylic acids is 1. The van der Waals surface area contributed by atoms with E-state index in [4.69, 9.17) is 9.16 Å². The van der Waals surface area contributed by atoms with Crippen LogP contribution in [0.2, 0.25) is 18.1 Å². The molecule has 0 fully saturated rings. The molecule has 226 valence electrons. The van der Waals surface area contributed by atoms with Gasteiger partial charge in [0.25, 0.3) is 0 Å². The summed E-state index contributed by atoms with van der Waals surface area (Å²) in [4.78, 5) is 23.1. The number of hydrogen-bond acceptors (Lipinski definition) is 7. The third-order valence-electron chi connectivity index (χ3n) is 9.16. The molecule has 0 radical (unpaired) electrons. The summed E-state index contributed by atoms with van der Waals surface area (Å²) in [5, 5.41) is 9.41. The zero-order valence-corrected chi connectivity index (χ0v) is 26.9. The van der Waals surface area contributed by atoms with Gasteiger partial charge in [0, 0.05) is 72.7 Å². The summed E-state index contributed by atoms with van der Waals surface area (Å²) in [5.74, 6) is 1.45. The quantitative estimate of drug-likeness (QED) is 0.259. The average Bonchev–Trinajstić information content (AvgIpc) is 3.25. The second kappa shape index (κ2) is 10.7. The highest BCUT2D eigenvalue weighted by Crippen LogP contribution is 2.45. The topological polar surface area (TPSA) is 94.4 Å². The number of halogens is 1. The van der Waals surface area contributed by atoms with Gasteiger partial charge in [0.2, 0.25) is 11.8 Å². The minimum Gasteiger partial charge on any atom is -0.477 e. The lowest BCUT2D eigenvalue weighted by Crippen LogP contribution is -2.42. The third-order valence-corrected chi connectivity index (χ3v) is 13.7. The van der Waals surface area contributed by atoms with Crippen molar-refractivity contribution < 1.29 is 18.3 Å². The van der Waals surface area contributed by atoms with E-state index in [-0.39, 0.29) is 29.4 Å². The van der Waals surface area contributed by atoms with Crippen LogP contribution in [0.1, 0.15) is 50.1 Å². The Labute approximate surface area is 252 Å². The van der Waals surface area contributed by atoms with Crippen molar-refractivity contribution in [3.05, 3.63) is 59.3 Å². The second-order valence-corrected chi connectivity index (χ2v) is 17.9. The molecule has 9 nitrogen and oxygen atoms in total. The molecule has 6 rings (SSSR count). The zero-order valence-electron chi connectivity index (χ0n) is 25.9. The van der Waals surface area contributed by atoms with E-state index in [1.165, 1.54) is 6.07 Å². The number of fused-ring (bicyclic) bond motifs is 3. The van der Waals surface area contributed by atoms with Crippen molar-refractivity contribution in [2.45, 2.75) is 71.3 Å². The van der Waals surface area contributed by atoms with Crippen molar-refractivity contribution in [3.63, 3.8) is 0 Å². The smallest absolute Gasteiger partial charge is 0.244 e. The maximum absolute atomic E-state index is 15.6. The van der Waals surface area contributed by atoms with Crippen LogP contribution in [0.15, 0.2) is 36.7 Å². The highest BCUT2D eigenvalue weighted by Gasteiger charge is 2.41. The number of amides is 1. The Kier molecular flexibility index (Phi) is 7.28. The van der Waals surface area contributed by atoms with E-state index in [9.17, 15) is 4.79 Å². The molecule has 1 amide bonds. The Morgan fingerprint density at radius 1 is 1.07 bits per heavy atom. The van der Waals surface area contributed by atoms with Crippen molar-refractivity contribution in [1.29, 1.82) is 0 Å². The molecule has 2 aliphatic heterocycles. The number of carbonyl (C=O) groups is 1. The van der Waals surface area contributed by atoms with E-state index in [0.29, 0.717) is 47.2 Å². The monoisotopic (exact) mass is 602 g/mol. The fourth-order valence-electron chi connectivity index (χ4n) is 5.50. The van der Waals surface area contributed by atoms with Crippen molar-refractivity contribution in [2.24, 2.45) is 0 Å². The van der Waals surface area contributed by atoms with Crippen LogP contribution in [0.3, 0.4) is 0 Å². The summed E-state index contributed by atoms with van der Waals surface area (Å²) in [7, 11) is -0.269. The molecule has 2 aliphatic rings. The molecule has 0 spiro atoms. The predicted octanol–water partition coefficient (Wildman–Crippen LogP) is 6.54. The van der Waals surface area contributed by atoms with Gasteiger partial charge >= 0.3 is 0 Å². The van der Waals surface area contributed by atoms with Gasteiger partial charge in [0.05, 0.1) is 12.7 Å². The molecule has 1 N–H and O–H groups in total. The number of nitrogens with zero attached hydrogens (tertiary/aromatic N) is 5. The number of pyridine rings is 2. The normalized spacial score (nSPS) is 17.3. The summed E-state index contributed by atoms with van der Waals surface area (Å²) in [5.41, 5.74) is 3.99. The van der Waals surface area contributed by atoms with Crippen LogP contribution in [0.5, 0.6) is 5.88 Å². The van der Waals surface area contributed by atoms with E-state index in [1.807, 2.05) is 25.1 Å². The second-order valence-electron chi connectivity index (χ2n) is 13.1. The molecular weight excluding hydrogens is 563 g/mol. The highest BCUT2D eigenvalue weighted by molar-refractivity contribution is 6.74.